The molecule has 0 aliphatic heterocycles. The molecule has 0 bridgehead atoms. The highest BCUT2D eigenvalue weighted by atomic mass is 32.1. The number of nitrogens with one attached hydrogen (secondary N) is 2. The molecule has 0 unspecified atom stereocenters. The van der Waals surface area contributed by atoms with E-state index >= 15 is 0 Å². The molecule has 2 N–H and O–H groups in total. The van der Waals surface area contributed by atoms with Crippen molar-refractivity contribution in [2.75, 3.05) is 18.5 Å². The van der Waals surface area contributed by atoms with Gasteiger partial charge in [-0.25, -0.2) is 4.79 Å². The van der Waals surface area contributed by atoms with Crippen molar-refractivity contribution in [1.82, 2.24) is 5.32 Å². The van der Waals surface area contributed by atoms with Gasteiger partial charge in [0.05, 0.1) is 12.2 Å². The summed E-state index contributed by atoms with van der Waals surface area (Å²) < 4.78 is 5.20. The molecule has 1 aliphatic rings. The Labute approximate surface area is 165 Å². The van der Waals surface area contributed by atoms with Gasteiger partial charge in [-0.05, 0) is 44.6 Å². The number of esters is 1. The average molecular weight is 395 g/mol. The monoisotopic (exact) mass is 394 g/mol. The Kier molecular flexibility index (Phi) is 7.41. The van der Waals surface area contributed by atoms with Crippen molar-refractivity contribution in [2.24, 2.45) is 5.41 Å². The second kappa shape index (κ2) is 9.35. The first-order valence-electron chi connectivity index (χ1n) is 9.63. The second-order valence-electron chi connectivity index (χ2n) is 7.79. The fourth-order valence-electron chi connectivity index (χ4n) is 2.98. The number of hydrogen-bond acceptors (Lipinski definition) is 5. The molecule has 2 rings (SSSR count). The maximum atomic E-state index is 12.4. The molecule has 27 heavy (non-hydrogen) atoms. The van der Waals surface area contributed by atoms with Crippen LogP contribution in [0.3, 0.4) is 0 Å². The molecule has 0 saturated heterocycles. The number of hydrogen-bond donors (Lipinski definition) is 2. The van der Waals surface area contributed by atoms with Crippen molar-refractivity contribution in [3.05, 3.63) is 16.0 Å². The minimum atomic E-state index is -0.438. The van der Waals surface area contributed by atoms with Gasteiger partial charge in [-0.15, -0.1) is 11.3 Å². The highest BCUT2D eigenvalue weighted by molar-refractivity contribution is 7.17. The number of aryl methyl sites for hydroxylation is 1. The lowest BCUT2D eigenvalue weighted by atomic mass is 9.95. The van der Waals surface area contributed by atoms with Crippen LogP contribution < -0.4 is 10.6 Å². The zero-order valence-corrected chi connectivity index (χ0v) is 17.5. The van der Waals surface area contributed by atoms with Gasteiger partial charge in [0.1, 0.15) is 5.00 Å². The normalized spacial score (nSPS) is 13.6. The highest BCUT2D eigenvalue weighted by Gasteiger charge is 2.27. The van der Waals surface area contributed by atoms with Gasteiger partial charge in [0.25, 0.3) is 0 Å². The summed E-state index contributed by atoms with van der Waals surface area (Å²) in [7, 11) is 0. The molecule has 0 aromatic carbocycles. The smallest absolute Gasteiger partial charge is 0.341 e. The van der Waals surface area contributed by atoms with Gasteiger partial charge < -0.3 is 15.4 Å². The fourth-order valence-corrected chi connectivity index (χ4v) is 4.27. The van der Waals surface area contributed by atoms with E-state index in [0.29, 0.717) is 30.1 Å². The molecule has 150 valence electrons. The fraction of sp³-hybridized carbons (Fsp3) is 0.650. The van der Waals surface area contributed by atoms with Gasteiger partial charge in [-0.2, -0.15) is 0 Å². The first-order valence-corrected chi connectivity index (χ1v) is 10.5. The van der Waals surface area contributed by atoms with E-state index in [4.69, 9.17) is 4.74 Å². The summed E-state index contributed by atoms with van der Waals surface area (Å²) in [5, 5.41) is 6.33. The first-order chi connectivity index (χ1) is 12.7. The maximum Gasteiger partial charge on any atom is 0.341 e. The number of fused-ring (bicyclic) bond motifs is 1. The molecular formula is C20H30N2O4S. The Morgan fingerprint density at radius 1 is 1.15 bits per heavy atom. The van der Waals surface area contributed by atoms with Crippen LogP contribution in [-0.4, -0.2) is 30.9 Å². The summed E-state index contributed by atoms with van der Waals surface area (Å²) in [5.74, 6) is -0.535. The van der Waals surface area contributed by atoms with Crippen molar-refractivity contribution in [2.45, 2.75) is 66.2 Å². The maximum absolute atomic E-state index is 12.4. The van der Waals surface area contributed by atoms with Crippen LogP contribution >= 0.6 is 11.3 Å². The number of ether oxygens (including phenoxy) is 1. The van der Waals surface area contributed by atoms with Crippen LogP contribution in [-0.2, 0) is 27.2 Å². The molecule has 0 radical (unpaired) electrons. The summed E-state index contributed by atoms with van der Waals surface area (Å²) >= 11 is 1.49. The van der Waals surface area contributed by atoms with E-state index < -0.39 is 5.41 Å². The predicted molar refractivity (Wildman–Crippen MR) is 107 cm³/mol. The number of amides is 2. The third-order valence-corrected chi connectivity index (χ3v) is 5.66. The third-order valence-electron chi connectivity index (χ3n) is 4.45. The molecule has 6 nitrogen and oxygen atoms in total. The average Bonchev–Trinajstić information content (AvgIpc) is 2.95. The predicted octanol–water partition coefficient (Wildman–Crippen LogP) is 3.68. The van der Waals surface area contributed by atoms with Gasteiger partial charge in [0, 0.05) is 23.3 Å². The Balaban J connectivity index is 1.96. The molecule has 1 aliphatic carbocycles. The summed E-state index contributed by atoms with van der Waals surface area (Å²) in [6.07, 6.45) is 4.80. The Morgan fingerprint density at radius 3 is 2.52 bits per heavy atom. The van der Waals surface area contributed by atoms with Crippen LogP contribution in [0.15, 0.2) is 0 Å². The summed E-state index contributed by atoms with van der Waals surface area (Å²) in [6, 6.07) is 0. The van der Waals surface area contributed by atoms with Crippen LogP contribution in [0, 0.1) is 5.41 Å². The van der Waals surface area contributed by atoms with Crippen LogP contribution in [0.1, 0.15) is 74.2 Å². The molecule has 7 heteroatoms. The minimum Gasteiger partial charge on any atom is -0.462 e. The number of carbonyl (C=O) groups is 3. The molecule has 0 atom stereocenters. The topological polar surface area (TPSA) is 84.5 Å². The van der Waals surface area contributed by atoms with E-state index in [1.807, 2.05) is 20.8 Å². The largest absolute Gasteiger partial charge is 0.462 e. The molecule has 2 amide bonds. The highest BCUT2D eigenvalue weighted by Crippen LogP contribution is 2.38. The summed E-state index contributed by atoms with van der Waals surface area (Å²) in [4.78, 5) is 37.7. The molecule has 1 heterocycles. The van der Waals surface area contributed by atoms with Gasteiger partial charge in [-0.1, -0.05) is 20.8 Å². The second-order valence-corrected chi connectivity index (χ2v) is 8.90. The van der Waals surface area contributed by atoms with Gasteiger partial charge in [0.2, 0.25) is 11.8 Å². The lowest BCUT2D eigenvalue weighted by molar-refractivity contribution is -0.128. The lowest BCUT2D eigenvalue weighted by Crippen LogP contribution is -2.35. The molecule has 0 saturated carbocycles. The summed E-state index contributed by atoms with van der Waals surface area (Å²) in [5.41, 5.74) is 1.13. The third kappa shape index (κ3) is 5.79. The molecular weight excluding hydrogens is 364 g/mol. The van der Waals surface area contributed by atoms with E-state index in [-0.39, 0.29) is 24.2 Å². The van der Waals surface area contributed by atoms with Crippen LogP contribution in [0.2, 0.25) is 0 Å². The van der Waals surface area contributed by atoms with Crippen molar-refractivity contribution in [3.8, 4) is 0 Å². The van der Waals surface area contributed by atoms with E-state index in [9.17, 15) is 14.4 Å². The first kappa shape index (κ1) is 21.4. The molecule has 1 aromatic rings. The van der Waals surface area contributed by atoms with E-state index in [0.717, 1.165) is 31.2 Å². The number of thiophene rings is 1. The lowest BCUT2D eigenvalue weighted by Gasteiger charge is -2.17. The van der Waals surface area contributed by atoms with Crippen LogP contribution in [0.25, 0.3) is 0 Å². The van der Waals surface area contributed by atoms with Crippen molar-refractivity contribution in [1.29, 1.82) is 0 Å². The zero-order chi connectivity index (χ0) is 20.0. The number of carbonyl (C=O) groups excluding carboxylic acids is 3. The Bertz CT molecular complexity index is 704. The van der Waals surface area contributed by atoms with Crippen molar-refractivity contribution in [3.63, 3.8) is 0 Å². The number of anilines is 1. The quantitative estimate of drug-likeness (QED) is 0.546. The Hall–Kier alpha value is -1.89. The Morgan fingerprint density at radius 2 is 1.85 bits per heavy atom. The van der Waals surface area contributed by atoms with E-state index in [1.54, 1.807) is 6.92 Å². The van der Waals surface area contributed by atoms with Crippen molar-refractivity contribution < 1.29 is 19.1 Å². The van der Waals surface area contributed by atoms with Crippen LogP contribution in [0.4, 0.5) is 5.00 Å². The zero-order valence-electron chi connectivity index (χ0n) is 16.7. The van der Waals surface area contributed by atoms with Gasteiger partial charge >= 0.3 is 5.97 Å². The molecule has 0 spiro atoms. The van der Waals surface area contributed by atoms with Crippen molar-refractivity contribution >= 4 is 34.1 Å². The van der Waals surface area contributed by atoms with E-state index in [1.165, 1.54) is 16.2 Å². The molecule has 1 aromatic heterocycles. The minimum absolute atomic E-state index is 0.0292. The molecule has 0 fully saturated rings. The van der Waals surface area contributed by atoms with Gasteiger partial charge in [-0.3, -0.25) is 9.59 Å². The van der Waals surface area contributed by atoms with E-state index in [2.05, 4.69) is 10.6 Å². The summed E-state index contributed by atoms with van der Waals surface area (Å²) in [6.45, 7) is 8.10. The standard InChI is InChI=1S/C20H30N2O4S/c1-5-26-18(24)16-13-9-6-7-10-14(13)27-17(16)22-15(23)11-8-12-21-19(25)20(2,3)4/h5-12H2,1-4H3,(H,21,25)(H,22,23). The SMILES string of the molecule is CCOC(=O)c1c(NC(=O)CCCNC(=O)C(C)(C)C)sc2c1CCCC2. The van der Waals surface area contributed by atoms with Gasteiger partial charge in [0.15, 0.2) is 0 Å². The van der Waals surface area contributed by atoms with Crippen LogP contribution in [0.5, 0.6) is 0 Å². The number of rotatable bonds is 7.